The lowest BCUT2D eigenvalue weighted by Crippen LogP contribution is -2.25. The number of nitrogens with zero attached hydrogens (tertiary/aromatic N) is 2. The van der Waals surface area contributed by atoms with Gasteiger partial charge in [-0.05, 0) is 18.1 Å². The number of aromatic nitrogens is 2. The first kappa shape index (κ1) is 18.0. The van der Waals surface area contributed by atoms with Crippen LogP contribution >= 0.6 is 0 Å². The number of ether oxygens (including phenoxy) is 1. The van der Waals surface area contributed by atoms with E-state index in [0.29, 0.717) is 13.2 Å². The number of amides is 1. The van der Waals surface area contributed by atoms with Crippen molar-refractivity contribution in [1.82, 2.24) is 15.1 Å². The highest BCUT2D eigenvalue weighted by atomic mass is 19.4. The summed E-state index contributed by atoms with van der Waals surface area (Å²) in [7, 11) is 1.34. The van der Waals surface area contributed by atoms with Gasteiger partial charge in [-0.2, -0.15) is 18.3 Å². The molecule has 1 amide bonds. The minimum absolute atomic E-state index is 0.105. The molecule has 0 aliphatic heterocycles. The first-order chi connectivity index (χ1) is 11.3. The average Bonchev–Trinajstić information content (AvgIpc) is 2.93. The Labute approximate surface area is 137 Å². The van der Waals surface area contributed by atoms with E-state index in [0.717, 1.165) is 22.0 Å². The SMILES string of the molecule is CCOCc1ccccc1CNC(=O)c1cn(C)nc1C(F)(F)F. The highest BCUT2D eigenvalue weighted by Crippen LogP contribution is 2.30. The van der Waals surface area contributed by atoms with E-state index in [4.69, 9.17) is 4.74 Å². The standard InChI is InChI=1S/C16H18F3N3O2/c1-3-24-10-12-7-5-4-6-11(12)8-20-15(23)13-9-22(2)21-14(13)16(17,18)19/h4-7,9H,3,8,10H2,1-2H3,(H,20,23). The lowest BCUT2D eigenvalue weighted by Gasteiger charge is -2.11. The number of alkyl halides is 3. The van der Waals surface area contributed by atoms with E-state index in [9.17, 15) is 18.0 Å². The van der Waals surface area contributed by atoms with Crippen molar-refractivity contribution in [3.8, 4) is 0 Å². The zero-order valence-corrected chi connectivity index (χ0v) is 13.4. The molecule has 0 bridgehead atoms. The summed E-state index contributed by atoms with van der Waals surface area (Å²) in [5.41, 5.74) is -0.0176. The van der Waals surface area contributed by atoms with Crippen LogP contribution in [-0.4, -0.2) is 22.3 Å². The molecule has 1 aromatic heterocycles. The number of carbonyl (C=O) groups excluding carboxylic acids is 1. The molecule has 0 aliphatic carbocycles. The number of nitrogens with one attached hydrogen (secondary N) is 1. The Morgan fingerprint density at radius 3 is 2.58 bits per heavy atom. The molecule has 0 saturated heterocycles. The first-order valence-corrected chi connectivity index (χ1v) is 7.36. The first-order valence-electron chi connectivity index (χ1n) is 7.36. The molecular weight excluding hydrogens is 323 g/mol. The van der Waals surface area contributed by atoms with E-state index in [1.165, 1.54) is 7.05 Å². The molecule has 5 nitrogen and oxygen atoms in total. The number of aryl methyl sites for hydroxylation is 1. The summed E-state index contributed by atoms with van der Waals surface area (Å²) in [5, 5.41) is 5.84. The minimum atomic E-state index is -4.68. The smallest absolute Gasteiger partial charge is 0.377 e. The molecule has 24 heavy (non-hydrogen) atoms. The van der Waals surface area contributed by atoms with Gasteiger partial charge < -0.3 is 10.1 Å². The summed E-state index contributed by atoms with van der Waals surface area (Å²) in [6.45, 7) is 2.90. The Balaban J connectivity index is 2.12. The van der Waals surface area contributed by atoms with Crippen molar-refractivity contribution in [2.45, 2.75) is 26.3 Å². The van der Waals surface area contributed by atoms with Crippen LogP contribution < -0.4 is 5.32 Å². The zero-order valence-electron chi connectivity index (χ0n) is 13.4. The summed E-state index contributed by atoms with van der Waals surface area (Å²) in [6, 6.07) is 7.27. The Hall–Kier alpha value is -2.35. The molecule has 1 aromatic carbocycles. The van der Waals surface area contributed by atoms with Gasteiger partial charge in [-0.15, -0.1) is 0 Å². The number of halogens is 3. The molecule has 0 unspecified atom stereocenters. The third kappa shape index (κ3) is 4.35. The number of rotatable bonds is 6. The second kappa shape index (κ2) is 7.48. The Morgan fingerprint density at radius 2 is 1.96 bits per heavy atom. The number of benzene rings is 1. The van der Waals surface area contributed by atoms with Gasteiger partial charge in [0.25, 0.3) is 5.91 Å². The molecule has 0 atom stereocenters. The molecule has 1 heterocycles. The maximum atomic E-state index is 12.9. The molecule has 2 rings (SSSR count). The van der Waals surface area contributed by atoms with Crippen molar-refractivity contribution >= 4 is 5.91 Å². The normalized spacial score (nSPS) is 11.5. The van der Waals surface area contributed by atoms with Crippen LogP contribution in [0.2, 0.25) is 0 Å². The number of hydrogen-bond acceptors (Lipinski definition) is 3. The van der Waals surface area contributed by atoms with E-state index >= 15 is 0 Å². The Morgan fingerprint density at radius 1 is 1.29 bits per heavy atom. The van der Waals surface area contributed by atoms with Gasteiger partial charge in [0.2, 0.25) is 0 Å². The predicted molar refractivity (Wildman–Crippen MR) is 81.2 cm³/mol. The molecule has 8 heteroatoms. The summed E-state index contributed by atoms with van der Waals surface area (Å²) < 4.78 is 45.1. The summed E-state index contributed by atoms with van der Waals surface area (Å²) in [6.07, 6.45) is -3.62. The van der Waals surface area contributed by atoms with E-state index in [2.05, 4.69) is 10.4 Å². The second-order valence-corrected chi connectivity index (χ2v) is 5.15. The van der Waals surface area contributed by atoms with Crippen molar-refractivity contribution in [2.75, 3.05) is 6.61 Å². The van der Waals surface area contributed by atoms with Crippen molar-refractivity contribution in [3.05, 3.63) is 52.8 Å². The van der Waals surface area contributed by atoms with Crippen molar-refractivity contribution in [3.63, 3.8) is 0 Å². The maximum absolute atomic E-state index is 12.9. The van der Waals surface area contributed by atoms with Gasteiger partial charge in [0.1, 0.15) is 0 Å². The van der Waals surface area contributed by atoms with Crippen LogP contribution in [0.1, 0.15) is 34.1 Å². The van der Waals surface area contributed by atoms with Crippen LogP contribution in [0.25, 0.3) is 0 Å². The fourth-order valence-electron chi connectivity index (χ4n) is 2.22. The van der Waals surface area contributed by atoms with Crippen LogP contribution in [-0.2, 0) is 31.1 Å². The quantitative estimate of drug-likeness (QED) is 0.879. The van der Waals surface area contributed by atoms with E-state index in [-0.39, 0.29) is 6.54 Å². The van der Waals surface area contributed by atoms with Crippen LogP contribution in [0.3, 0.4) is 0 Å². The van der Waals surface area contributed by atoms with Gasteiger partial charge >= 0.3 is 6.18 Å². The van der Waals surface area contributed by atoms with E-state index < -0.39 is 23.3 Å². The van der Waals surface area contributed by atoms with Crippen LogP contribution in [0.4, 0.5) is 13.2 Å². The second-order valence-electron chi connectivity index (χ2n) is 5.15. The minimum Gasteiger partial charge on any atom is -0.377 e. The molecule has 0 spiro atoms. The van der Waals surface area contributed by atoms with Crippen molar-refractivity contribution in [2.24, 2.45) is 7.05 Å². The molecule has 1 N–H and O–H groups in total. The van der Waals surface area contributed by atoms with Gasteiger partial charge in [0, 0.05) is 26.4 Å². The summed E-state index contributed by atoms with van der Waals surface area (Å²) in [5.74, 6) is -0.818. The summed E-state index contributed by atoms with van der Waals surface area (Å²) in [4.78, 5) is 12.1. The van der Waals surface area contributed by atoms with E-state index in [1.54, 1.807) is 12.1 Å². The molecule has 130 valence electrons. The molecular formula is C16H18F3N3O2. The zero-order chi connectivity index (χ0) is 17.7. The van der Waals surface area contributed by atoms with Gasteiger partial charge in [0.15, 0.2) is 5.69 Å². The Bertz CT molecular complexity index is 711. The average molecular weight is 341 g/mol. The van der Waals surface area contributed by atoms with Crippen molar-refractivity contribution < 1.29 is 22.7 Å². The molecule has 2 aromatic rings. The fourth-order valence-corrected chi connectivity index (χ4v) is 2.22. The highest BCUT2D eigenvalue weighted by molar-refractivity contribution is 5.95. The van der Waals surface area contributed by atoms with Gasteiger partial charge in [-0.1, -0.05) is 24.3 Å². The van der Waals surface area contributed by atoms with E-state index in [1.807, 2.05) is 19.1 Å². The van der Waals surface area contributed by atoms with Gasteiger partial charge in [-0.25, -0.2) is 0 Å². The van der Waals surface area contributed by atoms with Crippen LogP contribution in [0, 0.1) is 0 Å². The van der Waals surface area contributed by atoms with Gasteiger partial charge in [0.05, 0.1) is 12.2 Å². The highest BCUT2D eigenvalue weighted by Gasteiger charge is 2.38. The molecule has 0 saturated carbocycles. The molecule has 0 radical (unpaired) electrons. The third-order valence-electron chi connectivity index (χ3n) is 3.36. The van der Waals surface area contributed by atoms with Crippen LogP contribution in [0.15, 0.2) is 30.5 Å². The fraction of sp³-hybridized carbons (Fsp3) is 0.375. The monoisotopic (exact) mass is 341 g/mol. The largest absolute Gasteiger partial charge is 0.435 e. The van der Waals surface area contributed by atoms with Gasteiger partial charge in [-0.3, -0.25) is 9.48 Å². The number of carbonyl (C=O) groups is 1. The number of hydrogen-bond donors (Lipinski definition) is 1. The predicted octanol–water partition coefficient (Wildman–Crippen LogP) is 2.91. The third-order valence-corrected chi connectivity index (χ3v) is 3.36. The molecule has 0 fully saturated rings. The Kier molecular flexibility index (Phi) is 5.61. The maximum Gasteiger partial charge on any atom is 0.435 e. The van der Waals surface area contributed by atoms with Crippen LogP contribution in [0.5, 0.6) is 0 Å². The lowest BCUT2D eigenvalue weighted by molar-refractivity contribution is -0.141. The molecule has 0 aliphatic rings. The van der Waals surface area contributed by atoms with Crippen molar-refractivity contribution in [1.29, 1.82) is 0 Å². The summed E-state index contributed by atoms with van der Waals surface area (Å²) >= 11 is 0. The topological polar surface area (TPSA) is 56.1 Å². The lowest BCUT2D eigenvalue weighted by atomic mass is 10.1.